The molecule has 0 spiro atoms. The Bertz CT molecular complexity index is 1780. The smallest absolute Gasteiger partial charge is 0.334 e. The maximum Gasteiger partial charge on any atom is 0.334 e. The van der Waals surface area contributed by atoms with E-state index in [1.54, 1.807) is 0 Å². The first-order chi connectivity index (χ1) is 26.8. The number of thioether (sulfide) groups is 1. The number of imide groups is 1. The van der Waals surface area contributed by atoms with Crippen LogP contribution in [0.4, 0.5) is 10.5 Å². The number of nitrogens with zero attached hydrogens (tertiary/aromatic N) is 4. The molecule has 56 heavy (non-hydrogen) atoms. The Balaban J connectivity index is 1.13. The zero-order chi connectivity index (χ0) is 40.7. The van der Waals surface area contributed by atoms with Crippen molar-refractivity contribution >= 4 is 90.7 Å². The average Bonchev–Trinajstić information content (AvgIpc) is 3.80. The van der Waals surface area contributed by atoms with Gasteiger partial charge in [0.1, 0.15) is 6.04 Å². The van der Waals surface area contributed by atoms with E-state index in [9.17, 15) is 42.0 Å². The summed E-state index contributed by atoms with van der Waals surface area (Å²) in [6.45, 7) is 0.614. The van der Waals surface area contributed by atoms with E-state index in [4.69, 9.17) is 10.1 Å². The van der Waals surface area contributed by atoms with E-state index in [-0.39, 0.29) is 59.8 Å². The van der Waals surface area contributed by atoms with Crippen molar-refractivity contribution in [2.45, 2.75) is 86.4 Å². The van der Waals surface area contributed by atoms with E-state index in [1.807, 2.05) is 11.8 Å². The highest BCUT2D eigenvalue weighted by Gasteiger charge is 2.48. The molecule has 5 atom stereocenters. The Hall–Kier alpha value is -4.22. The lowest BCUT2D eigenvalue weighted by Gasteiger charge is -2.19. The molecule has 20 nitrogen and oxygen atoms in total. The van der Waals surface area contributed by atoms with E-state index < -0.39 is 57.4 Å². The molecule has 1 aromatic rings. The number of rotatable bonds is 23. The second-order valence-electron chi connectivity index (χ2n) is 12.9. The number of urea groups is 1. The van der Waals surface area contributed by atoms with Gasteiger partial charge in [-0.1, -0.05) is 45.3 Å². The summed E-state index contributed by atoms with van der Waals surface area (Å²) >= 11 is 1.84. The summed E-state index contributed by atoms with van der Waals surface area (Å²) in [6.07, 6.45) is 3.21. The molecule has 0 aliphatic carbocycles. The number of hydrogen-bond acceptors (Lipinski definition) is 14. The standard InChI is InChI=1S/C32H43N9O11S4/c33-40-39-20-10-8-19(9-11-20)29(45)36-21(5-3-4-13-34-25(42)7-2-1-6-23-28-22(18-53-23)37-32(48)38-28)30(46)35-14-16-55-54-15-12-27(44)52-41-26(43)17-24(31(41)47)56(49,50)51/h8-11,21-24,28H,1-7,12-18H2,(H,34,42)(H,35,46)(H,36,45)(H2,37,38,48)(H,49,50,51)/t21?,22-,23-,24?,28-/m0/s1. The van der Waals surface area contributed by atoms with Gasteiger partial charge in [0.15, 0.2) is 5.25 Å². The van der Waals surface area contributed by atoms with E-state index in [1.165, 1.54) is 45.9 Å². The third kappa shape index (κ3) is 13.8. The molecule has 306 valence electrons. The Morgan fingerprint density at radius 3 is 2.48 bits per heavy atom. The predicted molar refractivity (Wildman–Crippen MR) is 208 cm³/mol. The number of hydroxylamine groups is 2. The lowest BCUT2D eigenvalue weighted by Crippen LogP contribution is -2.47. The molecule has 3 saturated heterocycles. The predicted octanol–water partition coefficient (Wildman–Crippen LogP) is 2.10. The van der Waals surface area contributed by atoms with Crippen LogP contribution in [0.15, 0.2) is 29.4 Å². The van der Waals surface area contributed by atoms with Crippen LogP contribution in [0.25, 0.3) is 10.4 Å². The van der Waals surface area contributed by atoms with Gasteiger partial charge in [-0.05, 0) is 49.8 Å². The van der Waals surface area contributed by atoms with Crippen LogP contribution >= 0.6 is 33.3 Å². The molecule has 3 aliphatic rings. The normalized spacial score (nSPS) is 20.7. The number of unbranched alkanes of at least 4 members (excludes halogenated alkanes) is 2. The summed E-state index contributed by atoms with van der Waals surface area (Å²) in [5.41, 5.74) is 9.20. The Labute approximate surface area is 334 Å². The largest absolute Gasteiger partial charge is 0.356 e. The van der Waals surface area contributed by atoms with Gasteiger partial charge in [-0.3, -0.25) is 28.5 Å². The second kappa shape index (κ2) is 21.9. The molecule has 24 heteroatoms. The van der Waals surface area contributed by atoms with Crippen molar-refractivity contribution in [3.8, 4) is 0 Å². The number of carbonyl (C=O) groups is 7. The maximum atomic E-state index is 13.2. The quantitative estimate of drug-likeness (QED) is 0.0134. The second-order valence-corrected chi connectivity index (χ2v) is 18.4. The van der Waals surface area contributed by atoms with Gasteiger partial charge in [0, 0.05) is 58.2 Å². The van der Waals surface area contributed by atoms with Gasteiger partial charge in [-0.25, -0.2) is 9.59 Å². The fraction of sp³-hybridized carbons (Fsp3) is 0.594. The zero-order valence-electron chi connectivity index (χ0n) is 30.0. The minimum atomic E-state index is -4.83. The Kier molecular flexibility index (Phi) is 17.4. The van der Waals surface area contributed by atoms with Crippen molar-refractivity contribution in [1.82, 2.24) is 31.6 Å². The molecule has 3 heterocycles. The molecular formula is C32H43N9O11S4. The lowest BCUT2D eigenvalue weighted by molar-refractivity contribution is -0.197. The molecule has 3 aliphatic heterocycles. The minimum absolute atomic E-state index is 0.0447. The van der Waals surface area contributed by atoms with Crippen molar-refractivity contribution in [1.29, 1.82) is 0 Å². The number of carbonyl (C=O) groups excluding carboxylic acids is 7. The Morgan fingerprint density at radius 1 is 1.02 bits per heavy atom. The number of fused-ring (bicyclic) bond motifs is 1. The summed E-state index contributed by atoms with van der Waals surface area (Å²) in [5, 5.41) is 16.2. The van der Waals surface area contributed by atoms with Crippen molar-refractivity contribution in [3.05, 3.63) is 40.3 Å². The lowest BCUT2D eigenvalue weighted by atomic mass is 10.0. The van der Waals surface area contributed by atoms with Crippen LogP contribution in [0.1, 0.15) is 68.1 Å². The fourth-order valence-electron chi connectivity index (χ4n) is 5.95. The summed E-state index contributed by atoms with van der Waals surface area (Å²) in [6, 6.07) is 5.18. The molecule has 0 radical (unpaired) electrons. The van der Waals surface area contributed by atoms with Gasteiger partial charge in [0.25, 0.3) is 27.8 Å². The summed E-state index contributed by atoms with van der Waals surface area (Å²) in [4.78, 5) is 93.5. The first-order valence-electron chi connectivity index (χ1n) is 17.7. The monoisotopic (exact) mass is 857 g/mol. The number of azide groups is 1. The van der Waals surface area contributed by atoms with E-state index in [2.05, 4.69) is 41.4 Å². The van der Waals surface area contributed by atoms with E-state index in [0.29, 0.717) is 42.5 Å². The van der Waals surface area contributed by atoms with Crippen molar-refractivity contribution in [2.75, 3.05) is 30.3 Å². The SMILES string of the molecule is [N-]=[N+]=Nc1ccc(C(=O)NC(CCCCNC(=O)CCCC[C@@H]2SC[C@@H]3NC(=O)N[C@@H]32)C(=O)NCCSSCCC(=O)ON2C(=O)CC(S(=O)(=O)O)C2=O)cc1. The van der Waals surface area contributed by atoms with E-state index >= 15 is 0 Å². The fourth-order valence-corrected chi connectivity index (χ4v) is 10.1. The number of benzene rings is 1. The average molecular weight is 858 g/mol. The number of nitrogens with one attached hydrogen (secondary N) is 5. The van der Waals surface area contributed by atoms with Crippen LogP contribution in [0, 0.1) is 0 Å². The van der Waals surface area contributed by atoms with Crippen LogP contribution < -0.4 is 26.6 Å². The maximum absolute atomic E-state index is 13.2. The highest BCUT2D eigenvalue weighted by molar-refractivity contribution is 8.76. The van der Waals surface area contributed by atoms with E-state index in [0.717, 1.165) is 25.0 Å². The summed E-state index contributed by atoms with van der Waals surface area (Å²) in [7, 11) is -2.28. The first-order valence-corrected chi connectivity index (χ1v) is 22.8. The third-order valence-corrected chi connectivity index (χ3v) is 13.8. The first kappa shape index (κ1) is 44.5. The summed E-state index contributed by atoms with van der Waals surface area (Å²) < 4.78 is 31.6. The van der Waals surface area contributed by atoms with Gasteiger partial charge in [-0.15, -0.1) is 5.06 Å². The zero-order valence-corrected chi connectivity index (χ0v) is 33.3. The highest BCUT2D eigenvalue weighted by atomic mass is 33.1. The van der Waals surface area contributed by atoms with Crippen molar-refractivity contribution in [3.63, 3.8) is 0 Å². The van der Waals surface area contributed by atoms with Crippen LogP contribution in [0.2, 0.25) is 0 Å². The molecule has 7 amide bonds. The molecule has 0 saturated carbocycles. The van der Waals surface area contributed by atoms with Crippen LogP contribution in [-0.2, 0) is 38.9 Å². The van der Waals surface area contributed by atoms with Crippen molar-refractivity contribution < 1.29 is 51.4 Å². The topological polar surface area (TPSA) is 295 Å². The molecule has 6 N–H and O–H groups in total. The van der Waals surface area contributed by atoms with Gasteiger partial charge in [0.2, 0.25) is 11.8 Å². The van der Waals surface area contributed by atoms with Crippen LogP contribution in [0.3, 0.4) is 0 Å². The summed E-state index contributed by atoms with van der Waals surface area (Å²) in [5.74, 6) is -2.87. The number of hydrogen-bond donors (Lipinski definition) is 6. The molecular weight excluding hydrogens is 815 g/mol. The highest BCUT2D eigenvalue weighted by Crippen LogP contribution is 2.33. The van der Waals surface area contributed by atoms with Gasteiger partial charge >= 0.3 is 12.0 Å². The van der Waals surface area contributed by atoms with Gasteiger partial charge in [0.05, 0.1) is 24.9 Å². The van der Waals surface area contributed by atoms with Gasteiger partial charge < -0.3 is 31.4 Å². The third-order valence-electron chi connectivity index (χ3n) is 8.81. The molecule has 4 rings (SSSR count). The molecule has 2 unspecified atom stereocenters. The minimum Gasteiger partial charge on any atom is -0.356 e. The Morgan fingerprint density at radius 2 is 1.77 bits per heavy atom. The molecule has 3 fully saturated rings. The van der Waals surface area contributed by atoms with Crippen LogP contribution in [0.5, 0.6) is 0 Å². The number of amides is 7. The van der Waals surface area contributed by atoms with Crippen molar-refractivity contribution in [2.24, 2.45) is 5.11 Å². The molecule has 0 aromatic heterocycles. The van der Waals surface area contributed by atoms with Crippen LogP contribution in [-0.4, -0.2) is 119 Å². The van der Waals surface area contributed by atoms with Gasteiger partial charge in [-0.2, -0.15) is 20.2 Å². The molecule has 0 bridgehead atoms. The molecule has 1 aromatic carbocycles.